The number of aromatic nitrogens is 1. The number of carboxylic acid groups (broad SMARTS) is 1. The smallest absolute Gasteiger partial charge is 0.407 e. The molecule has 7 heteroatoms. The fourth-order valence-corrected chi connectivity index (χ4v) is 4.26. The van der Waals surface area contributed by atoms with E-state index in [4.69, 9.17) is 5.73 Å². The first-order chi connectivity index (χ1) is 14.4. The van der Waals surface area contributed by atoms with E-state index in [1.807, 2.05) is 25.1 Å². The minimum atomic E-state index is -0.887. The lowest BCUT2D eigenvalue weighted by Crippen LogP contribution is -2.46. The zero-order valence-corrected chi connectivity index (χ0v) is 16.9. The second kappa shape index (κ2) is 8.18. The van der Waals surface area contributed by atoms with E-state index >= 15 is 0 Å². The van der Waals surface area contributed by atoms with Crippen molar-refractivity contribution in [1.29, 1.82) is 0 Å². The molecule has 1 saturated heterocycles. The van der Waals surface area contributed by atoms with Gasteiger partial charge in [0.25, 0.3) is 0 Å². The molecule has 0 unspecified atom stereocenters. The number of piperidine rings is 1. The SMILES string of the molecule is Cc1cccc(F)c1-c1cc(NC[C@H]2CCCCN2C(=O)O)cc2cnc(N)cc12. The average Bonchev–Trinajstić information content (AvgIpc) is 2.72. The van der Waals surface area contributed by atoms with Crippen molar-refractivity contribution in [2.24, 2.45) is 0 Å². The van der Waals surface area contributed by atoms with Crippen LogP contribution in [-0.4, -0.2) is 40.2 Å². The van der Waals surface area contributed by atoms with Gasteiger partial charge in [0.2, 0.25) is 0 Å². The number of amides is 1. The Bertz CT molecular complexity index is 1080. The van der Waals surface area contributed by atoms with Crippen molar-refractivity contribution in [2.45, 2.75) is 32.2 Å². The van der Waals surface area contributed by atoms with E-state index in [0.29, 0.717) is 24.5 Å². The maximum Gasteiger partial charge on any atom is 0.407 e. The van der Waals surface area contributed by atoms with Crippen LogP contribution < -0.4 is 11.1 Å². The number of halogens is 1. The maximum atomic E-state index is 14.8. The number of carbonyl (C=O) groups is 1. The Morgan fingerprint density at radius 3 is 2.93 bits per heavy atom. The number of hydrogen-bond acceptors (Lipinski definition) is 4. The molecule has 4 rings (SSSR count). The Balaban J connectivity index is 1.73. The molecule has 30 heavy (non-hydrogen) atoms. The first-order valence-corrected chi connectivity index (χ1v) is 10.1. The fraction of sp³-hybridized carbons (Fsp3) is 0.304. The van der Waals surface area contributed by atoms with Crippen molar-refractivity contribution in [3.05, 3.63) is 54.0 Å². The number of nitrogens with zero attached hydrogens (tertiary/aromatic N) is 2. The summed E-state index contributed by atoms with van der Waals surface area (Å²) in [5.41, 5.74) is 8.79. The number of nitrogens with one attached hydrogen (secondary N) is 1. The maximum absolute atomic E-state index is 14.8. The summed E-state index contributed by atoms with van der Waals surface area (Å²) in [4.78, 5) is 17.2. The highest BCUT2D eigenvalue weighted by Crippen LogP contribution is 2.36. The van der Waals surface area contributed by atoms with Gasteiger partial charge in [0.1, 0.15) is 11.6 Å². The highest BCUT2D eigenvalue weighted by atomic mass is 19.1. The quantitative estimate of drug-likeness (QED) is 0.572. The zero-order valence-electron chi connectivity index (χ0n) is 16.9. The summed E-state index contributed by atoms with van der Waals surface area (Å²) in [6.45, 7) is 2.93. The second-order valence-corrected chi connectivity index (χ2v) is 7.79. The standard InChI is InChI=1S/C23H25FN4O2/c1-14-5-4-7-20(24)22(14)19-10-16(9-15-12-27-21(25)11-18(15)19)26-13-17-6-2-3-8-28(17)23(29)30/h4-5,7,9-12,17,26H,2-3,6,8,13H2,1H3,(H2,25,27)(H,29,30)/t17-/m1/s1. The number of hydrogen-bond donors (Lipinski definition) is 3. The fourth-order valence-electron chi connectivity index (χ4n) is 4.26. The van der Waals surface area contributed by atoms with E-state index < -0.39 is 6.09 Å². The van der Waals surface area contributed by atoms with E-state index in [1.54, 1.807) is 18.3 Å². The normalized spacial score (nSPS) is 16.6. The molecule has 1 aliphatic rings. The number of rotatable bonds is 4. The Labute approximate surface area is 174 Å². The van der Waals surface area contributed by atoms with Crippen molar-refractivity contribution in [2.75, 3.05) is 24.1 Å². The van der Waals surface area contributed by atoms with Gasteiger partial charge < -0.3 is 21.1 Å². The molecule has 0 radical (unpaired) electrons. The molecule has 3 aromatic rings. The Kier molecular flexibility index (Phi) is 5.44. The van der Waals surface area contributed by atoms with Crippen molar-refractivity contribution >= 4 is 28.4 Å². The summed E-state index contributed by atoms with van der Waals surface area (Å²) in [7, 11) is 0. The van der Waals surface area contributed by atoms with Gasteiger partial charge in [-0.2, -0.15) is 0 Å². The first kappa shape index (κ1) is 19.9. The van der Waals surface area contributed by atoms with Crippen LogP contribution in [0.5, 0.6) is 0 Å². The predicted octanol–water partition coefficient (Wildman–Crippen LogP) is 4.88. The summed E-state index contributed by atoms with van der Waals surface area (Å²) >= 11 is 0. The molecule has 2 heterocycles. The lowest BCUT2D eigenvalue weighted by atomic mass is 9.94. The van der Waals surface area contributed by atoms with Gasteiger partial charge >= 0.3 is 6.09 Å². The molecule has 1 fully saturated rings. The summed E-state index contributed by atoms with van der Waals surface area (Å²) in [6.07, 6.45) is 3.52. The van der Waals surface area contributed by atoms with Crippen LogP contribution >= 0.6 is 0 Å². The number of fused-ring (bicyclic) bond motifs is 1. The minimum absolute atomic E-state index is 0.0878. The Morgan fingerprint density at radius 1 is 1.33 bits per heavy atom. The molecular weight excluding hydrogens is 383 g/mol. The molecule has 0 aliphatic carbocycles. The molecule has 1 aliphatic heterocycles. The molecule has 0 bridgehead atoms. The third kappa shape index (κ3) is 3.87. The largest absolute Gasteiger partial charge is 0.465 e. The third-order valence-electron chi connectivity index (χ3n) is 5.76. The van der Waals surface area contributed by atoms with E-state index in [9.17, 15) is 14.3 Å². The molecule has 1 aromatic heterocycles. The Hall–Kier alpha value is -3.35. The van der Waals surface area contributed by atoms with Crippen molar-refractivity contribution in [1.82, 2.24) is 9.88 Å². The number of anilines is 2. The van der Waals surface area contributed by atoms with Gasteiger partial charge in [-0.15, -0.1) is 0 Å². The molecule has 156 valence electrons. The van der Waals surface area contributed by atoms with E-state index in [2.05, 4.69) is 10.3 Å². The highest BCUT2D eigenvalue weighted by Gasteiger charge is 2.26. The van der Waals surface area contributed by atoms with Gasteiger partial charge in [-0.3, -0.25) is 0 Å². The first-order valence-electron chi connectivity index (χ1n) is 10.1. The van der Waals surface area contributed by atoms with Crippen LogP contribution in [0.4, 0.5) is 20.7 Å². The van der Waals surface area contributed by atoms with E-state index in [-0.39, 0.29) is 11.9 Å². The van der Waals surface area contributed by atoms with Gasteiger partial charge in [0, 0.05) is 35.9 Å². The molecule has 0 saturated carbocycles. The van der Waals surface area contributed by atoms with Crippen LogP contribution in [0.25, 0.3) is 21.9 Å². The van der Waals surface area contributed by atoms with Crippen LogP contribution in [0, 0.1) is 12.7 Å². The van der Waals surface area contributed by atoms with Crippen LogP contribution in [0.3, 0.4) is 0 Å². The van der Waals surface area contributed by atoms with Crippen molar-refractivity contribution in [3.63, 3.8) is 0 Å². The highest BCUT2D eigenvalue weighted by molar-refractivity contribution is 6.00. The summed E-state index contributed by atoms with van der Waals surface area (Å²) in [5, 5.41) is 14.5. The van der Waals surface area contributed by atoms with E-state index in [0.717, 1.165) is 46.8 Å². The van der Waals surface area contributed by atoms with Gasteiger partial charge in [0.15, 0.2) is 0 Å². The molecular formula is C23H25FN4O2. The molecule has 6 nitrogen and oxygen atoms in total. The lowest BCUT2D eigenvalue weighted by molar-refractivity contribution is 0.110. The number of nitrogen functional groups attached to an aromatic ring is 1. The van der Waals surface area contributed by atoms with Crippen LogP contribution in [0.15, 0.2) is 42.6 Å². The number of likely N-dealkylation sites (tertiary alicyclic amines) is 1. The van der Waals surface area contributed by atoms with Gasteiger partial charge in [-0.25, -0.2) is 14.2 Å². The van der Waals surface area contributed by atoms with Crippen LogP contribution in [0.1, 0.15) is 24.8 Å². The summed E-state index contributed by atoms with van der Waals surface area (Å²) < 4.78 is 14.8. The molecule has 1 amide bonds. The Morgan fingerprint density at radius 2 is 2.17 bits per heavy atom. The van der Waals surface area contributed by atoms with Crippen LogP contribution in [-0.2, 0) is 0 Å². The van der Waals surface area contributed by atoms with Gasteiger partial charge in [-0.1, -0.05) is 12.1 Å². The average molecular weight is 408 g/mol. The zero-order chi connectivity index (χ0) is 21.3. The monoisotopic (exact) mass is 408 g/mol. The predicted molar refractivity (Wildman–Crippen MR) is 117 cm³/mol. The number of pyridine rings is 1. The number of aryl methyl sites for hydroxylation is 1. The minimum Gasteiger partial charge on any atom is -0.465 e. The molecule has 0 spiro atoms. The van der Waals surface area contributed by atoms with E-state index in [1.165, 1.54) is 11.0 Å². The summed E-state index contributed by atoms with van der Waals surface area (Å²) in [6, 6.07) is 10.5. The van der Waals surface area contributed by atoms with Crippen molar-refractivity contribution < 1.29 is 14.3 Å². The second-order valence-electron chi connectivity index (χ2n) is 7.79. The molecule has 4 N–H and O–H groups in total. The molecule has 2 aromatic carbocycles. The van der Waals surface area contributed by atoms with Crippen LogP contribution in [0.2, 0.25) is 0 Å². The molecule has 1 atom stereocenters. The number of nitrogens with two attached hydrogens (primary N) is 1. The van der Waals surface area contributed by atoms with Crippen molar-refractivity contribution in [3.8, 4) is 11.1 Å². The third-order valence-corrected chi connectivity index (χ3v) is 5.76. The number of benzene rings is 2. The van der Waals surface area contributed by atoms with Gasteiger partial charge in [0.05, 0.1) is 6.04 Å². The van der Waals surface area contributed by atoms with Gasteiger partial charge in [-0.05, 0) is 67.0 Å². The lowest BCUT2D eigenvalue weighted by Gasteiger charge is -2.33. The topological polar surface area (TPSA) is 91.5 Å². The summed E-state index contributed by atoms with van der Waals surface area (Å²) in [5.74, 6) is 0.0749.